The fraction of sp³-hybridized carbons (Fsp3) is 0.588. The van der Waals surface area contributed by atoms with Crippen molar-refractivity contribution in [1.29, 1.82) is 0 Å². The summed E-state index contributed by atoms with van der Waals surface area (Å²) in [7, 11) is 3.01. The van der Waals surface area contributed by atoms with Crippen LogP contribution >= 0.6 is 0 Å². The average molecular weight is 339 g/mol. The normalized spacial score (nSPS) is 30.1. The third-order valence-electron chi connectivity index (χ3n) is 3.99. The molecular weight excluding hydrogens is 314 g/mol. The highest BCUT2D eigenvalue weighted by molar-refractivity contribution is 5.73. The maximum absolute atomic E-state index is 11.5. The van der Waals surface area contributed by atoms with Crippen molar-refractivity contribution in [3.8, 4) is 0 Å². The molecular formula is C17H25NO6. The predicted molar refractivity (Wildman–Crippen MR) is 86.2 cm³/mol. The number of ether oxygens (including phenoxy) is 4. The van der Waals surface area contributed by atoms with Gasteiger partial charge in [-0.3, -0.25) is 4.79 Å². The summed E-state index contributed by atoms with van der Waals surface area (Å²) in [5.41, 5.74) is 0.994. The summed E-state index contributed by atoms with van der Waals surface area (Å²) in [5.74, 6) is -0.225. The van der Waals surface area contributed by atoms with Crippen LogP contribution in [-0.4, -0.2) is 62.5 Å². The summed E-state index contributed by atoms with van der Waals surface area (Å²) in [6, 6.07) is 9.13. The van der Waals surface area contributed by atoms with E-state index >= 15 is 0 Å². The van der Waals surface area contributed by atoms with Crippen molar-refractivity contribution < 1.29 is 28.8 Å². The molecule has 7 nitrogen and oxygen atoms in total. The molecule has 2 rings (SSSR count). The van der Waals surface area contributed by atoms with Gasteiger partial charge >= 0.3 is 0 Å². The summed E-state index contributed by atoms with van der Waals surface area (Å²) in [5, 5.41) is 12.4. The number of amides is 1. The van der Waals surface area contributed by atoms with Gasteiger partial charge in [0.25, 0.3) is 0 Å². The Morgan fingerprint density at radius 1 is 1.21 bits per heavy atom. The first-order chi connectivity index (χ1) is 11.6. The van der Waals surface area contributed by atoms with Crippen molar-refractivity contribution in [3.63, 3.8) is 0 Å². The quantitative estimate of drug-likeness (QED) is 0.750. The average Bonchev–Trinajstić information content (AvgIpc) is 2.60. The van der Waals surface area contributed by atoms with Crippen molar-refractivity contribution in [3.05, 3.63) is 35.9 Å². The number of rotatable bonds is 7. The van der Waals surface area contributed by atoms with Crippen LogP contribution in [0.25, 0.3) is 0 Å². The van der Waals surface area contributed by atoms with Crippen LogP contribution in [0.2, 0.25) is 0 Å². The highest BCUT2D eigenvalue weighted by atomic mass is 16.7. The number of hydrogen-bond donors (Lipinski definition) is 2. The van der Waals surface area contributed by atoms with Crippen molar-refractivity contribution in [2.45, 2.75) is 44.2 Å². The smallest absolute Gasteiger partial charge is 0.217 e. The Hall–Kier alpha value is -1.51. The second-order valence-corrected chi connectivity index (χ2v) is 5.65. The van der Waals surface area contributed by atoms with Crippen LogP contribution in [0, 0.1) is 0 Å². The summed E-state index contributed by atoms with van der Waals surface area (Å²) in [6.07, 6.45) is -2.42. The van der Waals surface area contributed by atoms with Gasteiger partial charge < -0.3 is 29.4 Å². The number of aliphatic hydroxyl groups excluding tert-OH is 1. The van der Waals surface area contributed by atoms with Gasteiger partial charge in [-0.05, 0) is 5.56 Å². The molecule has 1 aliphatic heterocycles. The number of methoxy groups -OCH3 is 2. The van der Waals surface area contributed by atoms with Crippen molar-refractivity contribution in [1.82, 2.24) is 5.32 Å². The van der Waals surface area contributed by atoms with Crippen molar-refractivity contribution in [2.75, 3.05) is 20.8 Å². The summed E-state index contributed by atoms with van der Waals surface area (Å²) >= 11 is 0. The van der Waals surface area contributed by atoms with E-state index in [9.17, 15) is 9.90 Å². The molecule has 1 heterocycles. The van der Waals surface area contributed by atoms with Gasteiger partial charge in [-0.15, -0.1) is 0 Å². The van der Waals surface area contributed by atoms with E-state index in [2.05, 4.69) is 5.32 Å². The lowest BCUT2D eigenvalue weighted by atomic mass is 9.96. The van der Waals surface area contributed by atoms with Crippen LogP contribution in [0.4, 0.5) is 0 Å². The van der Waals surface area contributed by atoms with Gasteiger partial charge in [0, 0.05) is 21.1 Å². The molecule has 0 saturated carbocycles. The molecule has 1 saturated heterocycles. The van der Waals surface area contributed by atoms with E-state index < -0.39 is 30.6 Å². The molecule has 1 amide bonds. The lowest BCUT2D eigenvalue weighted by molar-refractivity contribution is -0.276. The Kier molecular flexibility index (Phi) is 7.14. The maximum atomic E-state index is 11.5. The van der Waals surface area contributed by atoms with E-state index in [0.29, 0.717) is 6.61 Å². The minimum atomic E-state index is -0.729. The molecule has 0 radical (unpaired) electrons. The van der Waals surface area contributed by atoms with Gasteiger partial charge in [-0.2, -0.15) is 0 Å². The number of nitrogens with one attached hydrogen (secondary N) is 1. The Morgan fingerprint density at radius 3 is 2.46 bits per heavy atom. The Balaban J connectivity index is 2.16. The first-order valence-corrected chi connectivity index (χ1v) is 7.85. The van der Waals surface area contributed by atoms with Crippen LogP contribution in [0.3, 0.4) is 0 Å². The largest absolute Gasteiger partial charge is 0.394 e. The zero-order valence-electron chi connectivity index (χ0n) is 14.2. The van der Waals surface area contributed by atoms with Crippen molar-refractivity contribution in [2.24, 2.45) is 0 Å². The monoisotopic (exact) mass is 339 g/mol. The molecule has 1 fully saturated rings. The zero-order valence-corrected chi connectivity index (χ0v) is 14.2. The lowest BCUT2D eigenvalue weighted by Gasteiger charge is -2.45. The number of aliphatic hydroxyl groups is 1. The van der Waals surface area contributed by atoms with E-state index in [-0.39, 0.29) is 12.5 Å². The maximum Gasteiger partial charge on any atom is 0.217 e. The Labute approximate surface area is 141 Å². The predicted octanol–water partition coefficient (Wildman–Crippen LogP) is 0.455. The van der Waals surface area contributed by atoms with Crippen LogP contribution in [0.1, 0.15) is 12.5 Å². The molecule has 1 aliphatic rings. The summed E-state index contributed by atoms with van der Waals surface area (Å²) < 4.78 is 22.6. The molecule has 7 heteroatoms. The van der Waals surface area contributed by atoms with Crippen molar-refractivity contribution >= 4 is 5.91 Å². The molecule has 1 aromatic rings. The minimum Gasteiger partial charge on any atom is -0.394 e. The summed E-state index contributed by atoms with van der Waals surface area (Å²) in [6.45, 7) is 1.51. The standard InChI is InChI=1S/C17H25NO6/c1-11(20)18-14-16(21-2)15(13(9-19)24-17(14)22-3)23-10-12-7-5-4-6-8-12/h4-8,13-17,19H,9-10H2,1-3H3,(H,18,20)/t13-,14-,15+,16-,17-/m0/s1. The molecule has 0 aliphatic carbocycles. The number of carbonyl (C=O) groups is 1. The highest BCUT2D eigenvalue weighted by Crippen LogP contribution is 2.27. The summed E-state index contributed by atoms with van der Waals surface area (Å²) in [4.78, 5) is 11.5. The molecule has 5 atom stereocenters. The van der Waals surface area contributed by atoms with E-state index in [1.807, 2.05) is 30.3 Å². The Morgan fingerprint density at radius 2 is 1.92 bits per heavy atom. The second-order valence-electron chi connectivity index (χ2n) is 5.65. The van der Waals surface area contributed by atoms with E-state index in [1.165, 1.54) is 21.1 Å². The fourth-order valence-corrected chi connectivity index (χ4v) is 2.89. The van der Waals surface area contributed by atoms with Crippen LogP contribution in [-0.2, 0) is 30.3 Å². The second kappa shape index (κ2) is 9.10. The van der Waals surface area contributed by atoms with E-state index in [1.54, 1.807) is 0 Å². The molecule has 0 aromatic heterocycles. The van der Waals surface area contributed by atoms with Gasteiger partial charge in [0.15, 0.2) is 6.29 Å². The first-order valence-electron chi connectivity index (χ1n) is 7.85. The van der Waals surface area contributed by atoms with E-state index in [4.69, 9.17) is 18.9 Å². The molecule has 0 bridgehead atoms. The van der Waals surface area contributed by atoms with E-state index in [0.717, 1.165) is 5.56 Å². The van der Waals surface area contributed by atoms with Gasteiger partial charge in [0.05, 0.1) is 13.2 Å². The van der Waals surface area contributed by atoms with Gasteiger partial charge in [0.2, 0.25) is 5.91 Å². The van der Waals surface area contributed by atoms with Crippen LogP contribution < -0.4 is 5.32 Å². The zero-order chi connectivity index (χ0) is 17.5. The molecule has 24 heavy (non-hydrogen) atoms. The Bertz CT molecular complexity index is 511. The van der Waals surface area contributed by atoms with Gasteiger partial charge in [-0.1, -0.05) is 30.3 Å². The third-order valence-corrected chi connectivity index (χ3v) is 3.99. The fourth-order valence-electron chi connectivity index (χ4n) is 2.89. The van der Waals surface area contributed by atoms with Crippen LogP contribution in [0.5, 0.6) is 0 Å². The van der Waals surface area contributed by atoms with Gasteiger partial charge in [0.1, 0.15) is 24.4 Å². The number of carbonyl (C=O) groups excluding carboxylic acids is 1. The third kappa shape index (κ3) is 4.52. The number of benzene rings is 1. The molecule has 0 spiro atoms. The molecule has 0 unspecified atom stereocenters. The molecule has 134 valence electrons. The lowest BCUT2D eigenvalue weighted by Crippen LogP contribution is -2.65. The van der Waals surface area contributed by atoms with Crippen LogP contribution in [0.15, 0.2) is 30.3 Å². The SMILES string of the molecule is CO[C@H]1O[C@@H](CO)[C@@H](OCc2ccccc2)[C@@H](OC)[C@@H]1NC(C)=O. The highest BCUT2D eigenvalue weighted by Gasteiger charge is 2.47. The molecule has 2 N–H and O–H groups in total. The number of hydrogen-bond acceptors (Lipinski definition) is 6. The first kappa shape index (κ1) is 18.8. The van der Waals surface area contributed by atoms with Gasteiger partial charge in [-0.25, -0.2) is 0 Å². The molecule has 1 aromatic carbocycles. The topological polar surface area (TPSA) is 86.2 Å². The minimum absolute atomic E-state index is 0.225.